The number of halogens is 2. The van der Waals surface area contributed by atoms with Gasteiger partial charge in [0.25, 0.3) is 0 Å². The Bertz CT molecular complexity index is 891. The Kier molecular flexibility index (Phi) is 6.38. The standard InChI is InChI=1S/C22H21Br2NO/c1-15-3-5-17(6-4-15)14-26-22-10-8-20(24)12-18(22)13-25-21-9-7-19(23)11-16(21)2/h3-12,25H,13-14H2,1-2H3. The second-order valence-corrected chi connectivity index (χ2v) is 8.17. The van der Waals surface area contributed by atoms with E-state index in [2.05, 4.69) is 93.5 Å². The minimum absolute atomic E-state index is 0.562. The molecule has 4 heteroatoms. The molecule has 0 amide bonds. The van der Waals surface area contributed by atoms with Crippen molar-refractivity contribution in [3.05, 3.63) is 91.9 Å². The molecule has 2 nitrogen and oxygen atoms in total. The van der Waals surface area contributed by atoms with Gasteiger partial charge in [0.2, 0.25) is 0 Å². The first kappa shape index (κ1) is 19.0. The van der Waals surface area contributed by atoms with Crippen LogP contribution >= 0.6 is 31.9 Å². The van der Waals surface area contributed by atoms with E-state index in [-0.39, 0.29) is 0 Å². The first-order valence-corrected chi connectivity index (χ1v) is 10.1. The van der Waals surface area contributed by atoms with Gasteiger partial charge in [-0.25, -0.2) is 0 Å². The van der Waals surface area contributed by atoms with Crippen LogP contribution in [0.5, 0.6) is 5.75 Å². The molecule has 0 saturated heterocycles. The van der Waals surface area contributed by atoms with Crippen LogP contribution < -0.4 is 10.1 Å². The van der Waals surface area contributed by atoms with Crippen molar-refractivity contribution < 1.29 is 4.74 Å². The lowest BCUT2D eigenvalue weighted by atomic mass is 10.1. The van der Waals surface area contributed by atoms with E-state index < -0.39 is 0 Å². The highest BCUT2D eigenvalue weighted by atomic mass is 79.9. The second kappa shape index (κ2) is 8.74. The van der Waals surface area contributed by atoms with Gasteiger partial charge in [0, 0.05) is 26.7 Å². The lowest BCUT2D eigenvalue weighted by molar-refractivity contribution is 0.303. The molecule has 0 heterocycles. The van der Waals surface area contributed by atoms with Crippen LogP contribution in [0.1, 0.15) is 22.3 Å². The molecule has 0 aromatic heterocycles. The van der Waals surface area contributed by atoms with Crippen molar-refractivity contribution in [1.29, 1.82) is 0 Å². The number of ether oxygens (including phenoxy) is 1. The molecule has 0 aliphatic heterocycles. The number of benzene rings is 3. The summed E-state index contributed by atoms with van der Waals surface area (Å²) < 4.78 is 8.22. The van der Waals surface area contributed by atoms with Gasteiger partial charge in [0.05, 0.1) is 0 Å². The second-order valence-electron chi connectivity index (χ2n) is 6.34. The zero-order valence-corrected chi connectivity index (χ0v) is 18.0. The van der Waals surface area contributed by atoms with Gasteiger partial charge in [-0.15, -0.1) is 0 Å². The van der Waals surface area contributed by atoms with Crippen LogP contribution in [0.4, 0.5) is 5.69 Å². The third-order valence-electron chi connectivity index (χ3n) is 4.20. The molecule has 3 aromatic carbocycles. The van der Waals surface area contributed by atoms with E-state index in [9.17, 15) is 0 Å². The highest BCUT2D eigenvalue weighted by Gasteiger charge is 2.07. The van der Waals surface area contributed by atoms with Crippen LogP contribution in [0.25, 0.3) is 0 Å². The van der Waals surface area contributed by atoms with Crippen molar-refractivity contribution in [3.8, 4) is 5.75 Å². The Hall–Kier alpha value is -1.78. The monoisotopic (exact) mass is 473 g/mol. The quantitative estimate of drug-likeness (QED) is 0.414. The Morgan fingerprint density at radius 1 is 0.846 bits per heavy atom. The normalized spacial score (nSPS) is 10.6. The zero-order chi connectivity index (χ0) is 18.5. The van der Waals surface area contributed by atoms with Gasteiger partial charge in [-0.2, -0.15) is 0 Å². The molecule has 0 atom stereocenters. The molecule has 0 radical (unpaired) electrons. The summed E-state index contributed by atoms with van der Waals surface area (Å²) in [7, 11) is 0. The molecule has 0 unspecified atom stereocenters. The van der Waals surface area contributed by atoms with Crippen molar-refractivity contribution in [2.24, 2.45) is 0 Å². The Labute approximate surface area is 171 Å². The molecule has 3 aromatic rings. The summed E-state index contributed by atoms with van der Waals surface area (Å²) in [5.74, 6) is 0.899. The molecule has 0 fully saturated rings. The maximum absolute atomic E-state index is 6.09. The Morgan fingerprint density at radius 2 is 1.54 bits per heavy atom. The number of aryl methyl sites for hydroxylation is 2. The number of rotatable bonds is 6. The summed E-state index contributed by atoms with van der Waals surface area (Å²) in [6.45, 7) is 5.45. The van der Waals surface area contributed by atoms with Crippen molar-refractivity contribution >= 4 is 37.5 Å². The zero-order valence-electron chi connectivity index (χ0n) is 14.9. The van der Waals surface area contributed by atoms with Gasteiger partial charge >= 0.3 is 0 Å². The molecule has 0 aliphatic carbocycles. The average Bonchev–Trinajstić information content (AvgIpc) is 2.61. The van der Waals surface area contributed by atoms with Crippen LogP contribution in [0.2, 0.25) is 0 Å². The van der Waals surface area contributed by atoms with Gasteiger partial charge in [-0.05, 0) is 61.4 Å². The van der Waals surface area contributed by atoms with Gasteiger partial charge in [-0.1, -0.05) is 61.7 Å². The number of hydrogen-bond acceptors (Lipinski definition) is 2. The third kappa shape index (κ3) is 5.12. The van der Waals surface area contributed by atoms with E-state index >= 15 is 0 Å². The van der Waals surface area contributed by atoms with Crippen molar-refractivity contribution in [3.63, 3.8) is 0 Å². The molecule has 3 rings (SSSR count). The number of anilines is 1. The van der Waals surface area contributed by atoms with Crippen LogP contribution in [0, 0.1) is 13.8 Å². The lowest BCUT2D eigenvalue weighted by Crippen LogP contribution is -2.05. The van der Waals surface area contributed by atoms with E-state index in [0.717, 1.165) is 25.9 Å². The summed E-state index contributed by atoms with van der Waals surface area (Å²) in [5.41, 5.74) is 5.87. The minimum atomic E-state index is 0.562. The van der Waals surface area contributed by atoms with Crippen molar-refractivity contribution in [2.75, 3.05) is 5.32 Å². The van der Waals surface area contributed by atoms with E-state index in [1.54, 1.807) is 0 Å². The largest absolute Gasteiger partial charge is 0.489 e. The van der Waals surface area contributed by atoms with E-state index in [1.165, 1.54) is 16.7 Å². The predicted octanol–water partition coefficient (Wildman–Crippen LogP) is 7.02. The van der Waals surface area contributed by atoms with Crippen LogP contribution in [-0.2, 0) is 13.2 Å². The summed E-state index contributed by atoms with van der Waals surface area (Å²) in [6, 6.07) is 20.8. The Balaban J connectivity index is 1.71. The fourth-order valence-electron chi connectivity index (χ4n) is 2.69. The summed E-state index contributed by atoms with van der Waals surface area (Å²) in [4.78, 5) is 0. The molecule has 0 bridgehead atoms. The summed E-state index contributed by atoms with van der Waals surface area (Å²) in [6.07, 6.45) is 0. The van der Waals surface area contributed by atoms with Gasteiger partial charge in [0.1, 0.15) is 12.4 Å². The third-order valence-corrected chi connectivity index (χ3v) is 5.18. The minimum Gasteiger partial charge on any atom is -0.489 e. The highest BCUT2D eigenvalue weighted by Crippen LogP contribution is 2.26. The molecule has 0 saturated carbocycles. The highest BCUT2D eigenvalue weighted by molar-refractivity contribution is 9.10. The molecule has 0 aliphatic rings. The van der Waals surface area contributed by atoms with Crippen molar-refractivity contribution in [2.45, 2.75) is 27.0 Å². The fourth-order valence-corrected chi connectivity index (χ4v) is 3.57. The lowest BCUT2D eigenvalue weighted by Gasteiger charge is -2.15. The topological polar surface area (TPSA) is 21.3 Å². The predicted molar refractivity (Wildman–Crippen MR) is 116 cm³/mol. The number of hydrogen-bond donors (Lipinski definition) is 1. The fraction of sp³-hybridized carbons (Fsp3) is 0.182. The molecule has 0 spiro atoms. The number of nitrogens with one attached hydrogen (secondary N) is 1. The molecule has 1 N–H and O–H groups in total. The van der Waals surface area contributed by atoms with Crippen molar-refractivity contribution in [1.82, 2.24) is 0 Å². The van der Waals surface area contributed by atoms with Crippen LogP contribution in [0.3, 0.4) is 0 Å². The molecule has 26 heavy (non-hydrogen) atoms. The molecular formula is C22H21Br2NO. The SMILES string of the molecule is Cc1ccc(COc2ccc(Br)cc2CNc2ccc(Br)cc2C)cc1. The maximum Gasteiger partial charge on any atom is 0.124 e. The smallest absolute Gasteiger partial charge is 0.124 e. The maximum atomic E-state index is 6.09. The summed E-state index contributed by atoms with van der Waals surface area (Å²) in [5, 5.41) is 3.51. The van der Waals surface area contributed by atoms with Gasteiger partial charge in [0.15, 0.2) is 0 Å². The van der Waals surface area contributed by atoms with E-state index in [0.29, 0.717) is 13.2 Å². The van der Waals surface area contributed by atoms with Crippen LogP contribution in [-0.4, -0.2) is 0 Å². The van der Waals surface area contributed by atoms with Gasteiger partial charge < -0.3 is 10.1 Å². The first-order chi connectivity index (χ1) is 12.5. The van der Waals surface area contributed by atoms with E-state index in [1.807, 2.05) is 18.2 Å². The van der Waals surface area contributed by atoms with E-state index in [4.69, 9.17) is 4.74 Å². The molecule has 134 valence electrons. The molecular weight excluding hydrogens is 454 g/mol. The van der Waals surface area contributed by atoms with Crippen LogP contribution in [0.15, 0.2) is 69.6 Å². The average molecular weight is 475 g/mol. The first-order valence-electron chi connectivity index (χ1n) is 8.48. The Morgan fingerprint density at radius 3 is 2.27 bits per heavy atom. The summed E-state index contributed by atoms with van der Waals surface area (Å²) >= 11 is 7.07. The van der Waals surface area contributed by atoms with Gasteiger partial charge in [-0.3, -0.25) is 0 Å².